The second-order valence-corrected chi connectivity index (χ2v) is 23.7. The highest BCUT2D eigenvalue weighted by molar-refractivity contribution is 5.71. The summed E-state index contributed by atoms with van der Waals surface area (Å²) in [5.41, 5.74) is -0.349. The van der Waals surface area contributed by atoms with Crippen molar-refractivity contribution in [1.29, 1.82) is 0 Å². The van der Waals surface area contributed by atoms with Gasteiger partial charge in [0.1, 0.15) is 0 Å². The molecule has 0 amide bonds. The van der Waals surface area contributed by atoms with E-state index in [1.807, 2.05) is 0 Å². The minimum atomic E-state index is -0.199. The number of hydrogen-bond donors (Lipinski definition) is 0. The van der Waals surface area contributed by atoms with Gasteiger partial charge in [-0.3, -0.25) is 14.4 Å². The summed E-state index contributed by atoms with van der Waals surface area (Å²) >= 11 is 0. The molecule has 4 fully saturated rings. The molecule has 4 aliphatic rings. The van der Waals surface area contributed by atoms with Crippen molar-refractivity contribution in [3.63, 3.8) is 0 Å². The van der Waals surface area contributed by atoms with Crippen molar-refractivity contribution in [2.75, 3.05) is 39.5 Å². The van der Waals surface area contributed by atoms with Crippen LogP contribution in [0.5, 0.6) is 0 Å². The quantitative estimate of drug-likeness (QED) is 0.0341. The molecule has 7 heteroatoms. The molecule has 0 aromatic carbocycles. The zero-order chi connectivity index (χ0) is 49.8. The maximum Gasteiger partial charge on any atom is 0.305 e. The normalized spacial score (nSPS) is 25.0. The van der Waals surface area contributed by atoms with E-state index in [0.717, 1.165) is 58.2 Å². The second-order valence-electron chi connectivity index (χ2n) is 23.7. The van der Waals surface area contributed by atoms with Gasteiger partial charge >= 0.3 is 17.9 Å². The van der Waals surface area contributed by atoms with Crippen molar-refractivity contribution in [2.45, 2.75) is 286 Å². The molecule has 7 unspecified atom stereocenters. The Morgan fingerprint density at radius 2 is 0.826 bits per heavy atom. The van der Waals surface area contributed by atoms with Crippen molar-refractivity contribution in [1.82, 2.24) is 4.90 Å². The zero-order valence-electron chi connectivity index (χ0n) is 46.8. The molecule has 0 aromatic heterocycles. The fourth-order valence-electron chi connectivity index (χ4n) is 15.2. The molecule has 0 bridgehead atoms. The van der Waals surface area contributed by atoms with Crippen molar-refractivity contribution in [3.05, 3.63) is 0 Å². The van der Waals surface area contributed by atoms with Crippen molar-refractivity contribution in [3.8, 4) is 0 Å². The van der Waals surface area contributed by atoms with E-state index in [1.165, 1.54) is 180 Å². The molecular formula is C62H113NO6. The van der Waals surface area contributed by atoms with Crippen LogP contribution in [0.2, 0.25) is 0 Å². The lowest BCUT2D eigenvalue weighted by atomic mass is 9.02. The first-order chi connectivity index (χ1) is 33.6. The Morgan fingerprint density at radius 3 is 1.22 bits per heavy atom. The van der Waals surface area contributed by atoms with Crippen LogP contribution >= 0.6 is 0 Å². The van der Waals surface area contributed by atoms with Crippen LogP contribution in [0, 0.1) is 51.8 Å². The maximum absolute atomic E-state index is 13.7. The van der Waals surface area contributed by atoms with Crippen LogP contribution in [0.3, 0.4) is 0 Å². The number of fused-ring (bicyclic) bond motifs is 2. The van der Waals surface area contributed by atoms with E-state index in [-0.39, 0.29) is 40.1 Å². The van der Waals surface area contributed by atoms with Gasteiger partial charge in [0.15, 0.2) is 0 Å². The van der Waals surface area contributed by atoms with Crippen molar-refractivity contribution < 1.29 is 28.6 Å². The summed E-state index contributed by atoms with van der Waals surface area (Å²) < 4.78 is 18.8. The first-order valence-electron chi connectivity index (χ1n) is 30.8. The zero-order valence-corrected chi connectivity index (χ0v) is 46.8. The van der Waals surface area contributed by atoms with Crippen LogP contribution in [-0.4, -0.2) is 62.3 Å². The second kappa shape index (κ2) is 33.2. The fourth-order valence-corrected chi connectivity index (χ4v) is 15.2. The first-order valence-corrected chi connectivity index (χ1v) is 30.8. The molecule has 402 valence electrons. The van der Waals surface area contributed by atoms with Crippen LogP contribution in [0.4, 0.5) is 0 Å². The van der Waals surface area contributed by atoms with Crippen LogP contribution < -0.4 is 0 Å². The summed E-state index contributed by atoms with van der Waals surface area (Å²) in [6.45, 7) is 20.1. The molecule has 4 saturated carbocycles. The third-order valence-electron chi connectivity index (χ3n) is 19.4. The van der Waals surface area contributed by atoms with Gasteiger partial charge in [0.25, 0.3) is 0 Å². The first kappa shape index (κ1) is 59.9. The summed E-state index contributed by atoms with van der Waals surface area (Å²) in [7, 11) is 0. The van der Waals surface area contributed by atoms with Crippen LogP contribution in [-0.2, 0) is 28.6 Å². The SMILES string of the molecule is CCCCCCCCC(CCCCCCCC)CCCC(=O)OCC12CC3C1C1C3(COC(=O)CCCN(CC)CC)C(C)C12COC(=O)CCCC(CCCCCCCC)CCCCCCCC. The number of ether oxygens (including phenoxy) is 3. The van der Waals surface area contributed by atoms with Gasteiger partial charge in [-0.2, -0.15) is 0 Å². The molecule has 4 rings (SSSR count). The Balaban J connectivity index is 1.32. The van der Waals surface area contributed by atoms with Crippen LogP contribution in [0.25, 0.3) is 0 Å². The molecule has 0 aliphatic heterocycles. The van der Waals surface area contributed by atoms with Gasteiger partial charge in [0.2, 0.25) is 0 Å². The van der Waals surface area contributed by atoms with Gasteiger partial charge < -0.3 is 19.1 Å². The molecule has 0 heterocycles. The van der Waals surface area contributed by atoms with Gasteiger partial charge in [-0.1, -0.05) is 228 Å². The van der Waals surface area contributed by atoms with Gasteiger partial charge in [-0.25, -0.2) is 0 Å². The topological polar surface area (TPSA) is 82.1 Å². The van der Waals surface area contributed by atoms with Crippen molar-refractivity contribution >= 4 is 17.9 Å². The lowest BCUT2D eigenvalue weighted by Gasteiger charge is -3.01. The molecule has 7 atom stereocenters. The monoisotopic (exact) mass is 968 g/mol. The summed E-state index contributed by atoms with van der Waals surface area (Å²) in [5.74, 6) is 2.83. The molecule has 4 aliphatic carbocycles. The molecule has 69 heavy (non-hydrogen) atoms. The van der Waals surface area contributed by atoms with E-state index in [2.05, 4.69) is 53.4 Å². The molecule has 0 aromatic rings. The number of hydrogen-bond acceptors (Lipinski definition) is 7. The molecule has 0 spiro atoms. The predicted octanol–water partition coefficient (Wildman–Crippen LogP) is 17.2. The van der Waals surface area contributed by atoms with Gasteiger partial charge in [0, 0.05) is 35.5 Å². The highest BCUT2D eigenvalue weighted by Gasteiger charge is 3.01. The maximum atomic E-state index is 13.7. The summed E-state index contributed by atoms with van der Waals surface area (Å²) in [6, 6.07) is 0. The Hall–Kier alpha value is -1.63. The van der Waals surface area contributed by atoms with Crippen LogP contribution in [0.1, 0.15) is 286 Å². The standard InChI is InChI=1S/C62H113NO6/c1-8-14-18-22-26-30-37-52(38-31-27-23-19-15-9-2)41-34-43-55(64)67-48-60-47-54-58(60)59-61(54,49-68-57(66)45-36-46-63(12-5)13-6)51(7)62(59,60)50-69-56(65)44-35-42-53(39-32-28-24-20-16-10-3)40-33-29-25-21-17-11-4/h51-54,58-59H,8-50H2,1-7H3. The number of carbonyl (C=O) groups excluding carboxylic acids is 3. The fraction of sp³-hybridized carbons (Fsp3) is 0.952. The number of carbonyl (C=O) groups is 3. The van der Waals surface area contributed by atoms with E-state index in [4.69, 9.17) is 14.2 Å². The Kier molecular flexibility index (Phi) is 28.9. The minimum absolute atomic E-state index is 0.0291. The third-order valence-corrected chi connectivity index (χ3v) is 19.4. The predicted molar refractivity (Wildman–Crippen MR) is 288 cm³/mol. The van der Waals surface area contributed by atoms with Crippen LogP contribution in [0.15, 0.2) is 0 Å². The number of rotatable bonds is 48. The van der Waals surface area contributed by atoms with E-state index in [0.29, 0.717) is 68.7 Å². The average molecular weight is 969 g/mol. The van der Waals surface area contributed by atoms with Gasteiger partial charge in [-0.15, -0.1) is 0 Å². The smallest absolute Gasteiger partial charge is 0.305 e. The number of esters is 3. The highest BCUT2D eigenvalue weighted by Crippen LogP contribution is 3.01. The highest BCUT2D eigenvalue weighted by atomic mass is 16.5. The Morgan fingerprint density at radius 1 is 0.464 bits per heavy atom. The minimum Gasteiger partial charge on any atom is -0.465 e. The van der Waals surface area contributed by atoms with Gasteiger partial charge in [-0.05, 0) is 93.7 Å². The van der Waals surface area contributed by atoms with E-state index in [9.17, 15) is 14.4 Å². The van der Waals surface area contributed by atoms with Crippen molar-refractivity contribution in [2.24, 2.45) is 51.8 Å². The molecule has 0 radical (unpaired) electrons. The number of unbranched alkanes of at least 4 members (excludes halogenated alkanes) is 20. The third kappa shape index (κ3) is 16.7. The summed E-state index contributed by atoms with van der Waals surface area (Å²) in [4.78, 5) is 42.7. The molecule has 7 nitrogen and oxygen atoms in total. The Labute approximate surface area is 427 Å². The summed E-state index contributed by atoms with van der Waals surface area (Å²) in [5, 5.41) is 0. The number of nitrogens with zero attached hydrogens (tertiary/aromatic N) is 1. The van der Waals surface area contributed by atoms with E-state index in [1.54, 1.807) is 0 Å². The lowest BCUT2D eigenvalue weighted by Crippen LogP contribution is -3.01. The molecular weight excluding hydrogens is 855 g/mol. The Bertz CT molecular complexity index is 1360. The van der Waals surface area contributed by atoms with Gasteiger partial charge in [0.05, 0.1) is 19.8 Å². The van der Waals surface area contributed by atoms with E-state index < -0.39 is 0 Å². The molecule has 0 saturated heterocycles. The lowest BCUT2D eigenvalue weighted by molar-refractivity contribution is -0.566. The largest absolute Gasteiger partial charge is 0.465 e. The average Bonchev–Trinajstić information content (AvgIpc) is 3.34. The molecule has 0 N–H and O–H groups in total. The summed E-state index contributed by atoms with van der Waals surface area (Å²) in [6.07, 6.45) is 44.6. The van der Waals surface area contributed by atoms with E-state index >= 15 is 0 Å².